The number of carbonyl (C=O) groups is 3. The molecule has 0 aromatic heterocycles. The Morgan fingerprint density at radius 3 is 2.13 bits per heavy atom. The van der Waals surface area contributed by atoms with Crippen molar-refractivity contribution in [1.29, 1.82) is 0 Å². The van der Waals surface area contributed by atoms with Crippen LogP contribution in [0.15, 0.2) is 18.2 Å². The maximum Gasteiger partial charge on any atom is 0.408 e. The Morgan fingerprint density at radius 1 is 0.921 bits per heavy atom. The van der Waals surface area contributed by atoms with Crippen molar-refractivity contribution in [3.05, 3.63) is 34.9 Å². The summed E-state index contributed by atoms with van der Waals surface area (Å²) in [5.74, 6) is -0.491. The number of nitrogens with one attached hydrogen (secondary N) is 2. The summed E-state index contributed by atoms with van der Waals surface area (Å²) in [5.41, 5.74) is 2.18. The lowest BCUT2D eigenvalue weighted by Crippen LogP contribution is -2.53. The van der Waals surface area contributed by atoms with E-state index in [-0.39, 0.29) is 17.9 Å². The second kappa shape index (κ2) is 16.4. The van der Waals surface area contributed by atoms with Gasteiger partial charge in [0.05, 0.1) is 0 Å². The molecule has 3 unspecified atom stereocenters. The predicted molar refractivity (Wildman–Crippen MR) is 155 cm³/mol. The Bertz CT molecular complexity index is 894. The van der Waals surface area contributed by atoms with E-state index in [9.17, 15) is 14.4 Å². The molecule has 0 heterocycles. The fourth-order valence-electron chi connectivity index (χ4n) is 4.63. The zero-order valence-electron chi connectivity index (χ0n) is 25.4. The minimum atomic E-state index is -0.848. The lowest BCUT2D eigenvalue weighted by atomic mass is 9.95. The fraction of sp³-hybridized carbons (Fsp3) is 0.710. The molecule has 3 amide bonds. The van der Waals surface area contributed by atoms with Gasteiger partial charge in [0.15, 0.2) is 0 Å². The van der Waals surface area contributed by atoms with Crippen LogP contribution in [-0.2, 0) is 14.3 Å². The molecule has 0 aliphatic rings. The molecule has 0 fully saturated rings. The highest BCUT2D eigenvalue weighted by Crippen LogP contribution is 2.27. The topological polar surface area (TPSA) is 87.7 Å². The van der Waals surface area contributed by atoms with Crippen molar-refractivity contribution in [3.63, 3.8) is 0 Å². The maximum atomic E-state index is 13.9. The number of carbonyl (C=O) groups excluding carboxylic acids is 3. The molecule has 0 saturated heterocycles. The largest absolute Gasteiger partial charge is 0.444 e. The Hall–Kier alpha value is -2.57. The van der Waals surface area contributed by atoms with Gasteiger partial charge in [-0.15, -0.1) is 0 Å². The molecule has 216 valence electrons. The summed E-state index contributed by atoms with van der Waals surface area (Å²) in [7, 11) is 0. The third-order valence-corrected chi connectivity index (χ3v) is 6.53. The summed E-state index contributed by atoms with van der Waals surface area (Å²) >= 11 is 0. The van der Waals surface area contributed by atoms with Gasteiger partial charge in [-0.25, -0.2) is 4.79 Å². The number of alkyl carbamates (subject to hydrolysis) is 1. The zero-order valence-corrected chi connectivity index (χ0v) is 25.4. The normalized spacial score (nSPS) is 13.8. The molecular weight excluding hydrogens is 478 g/mol. The molecule has 1 aromatic carbocycles. The number of hydrogen-bond donors (Lipinski definition) is 2. The number of unbranched alkanes of at least 4 members (excludes halogenated alkanes) is 5. The molecule has 1 aromatic rings. The van der Waals surface area contributed by atoms with Gasteiger partial charge in [0, 0.05) is 12.6 Å². The van der Waals surface area contributed by atoms with E-state index in [0.29, 0.717) is 6.54 Å². The van der Waals surface area contributed by atoms with E-state index in [1.807, 2.05) is 39.0 Å². The first-order valence-electron chi connectivity index (χ1n) is 14.5. The van der Waals surface area contributed by atoms with Crippen LogP contribution in [0.2, 0.25) is 0 Å². The third-order valence-electron chi connectivity index (χ3n) is 6.53. The van der Waals surface area contributed by atoms with E-state index in [1.54, 1.807) is 32.6 Å². The van der Waals surface area contributed by atoms with Crippen LogP contribution in [-0.4, -0.2) is 47.0 Å². The van der Waals surface area contributed by atoms with Gasteiger partial charge in [-0.05, 0) is 72.4 Å². The molecule has 0 aliphatic heterocycles. The van der Waals surface area contributed by atoms with Crippen molar-refractivity contribution >= 4 is 17.9 Å². The highest BCUT2D eigenvalue weighted by atomic mass is 16.6. The third kappa shape index (κ3) is 11.9. The minimum Gasteiger partial charge on any atom is -0.444 e. The van der Waals surface area contributed by atoms with Gasteiger partial charge in [-0.2, -0.15) is 0 Å². The summed E-state index contributed by atoms with van der Waals surface area (Å²) in [4.78, 5) is 41.8. The number of hydrogen-bond acceptors (Lipinski definition) is 4. The van der Waals surface area contributed by atoms with Crippen molar-refractivity contribution in [2.24, 2.45) is 0 Å². The Kier molecular flexibility index (Phi) is 14.4. The van der Waals surface area contributed by atoms with Crippen LogP contribution < -0.4 is 10.6 Å². The molecule has 7 heteroatoms. The molecule has 0 radical (unpaired) electrons. The SMILES string of the molecule is CCCCCCCCN(C(=O)C(C)NC(=O)OC(C)(C)C)C(C(=O)NC(C)CCC)c1ccc(C)cc1C. The van der Waals surface area contributed by atoms with Crippen molar-refractivity contribution in [2.45, 2.75) is 137 Å². The number of rotatable bonds is 15. The summed E-state index contributed by atoms with van der Waals surface area (Å²) in [6.45, 7) is 17.7. The monoisotopic (exact) mass is 531 g/mol. The van der Waals surface area contributed by atoms with E-state index in [4.69, 9.17) is 4.74 Å². The van der Waals surface area contributed by atoms with Crippen LogP contribution in [0, 0.1) is 13.8 Å². The number of amides is 3. The first-order valence-corrected chi connectivity index (χ1v) is 14.5. The number of benzene rings is 1. The smallest absolute Gasteiger partial charge is 0.408 e. The predicted octanol–water partition coefficient (Wildman–Crippen LogP) is 6.75. The van der Waals surface area contributed by atoms with E-state index < -0.39 is 23.8 Å². The van der Waals surface area contributed by atoms with E-state index in [1.165, 1.54) is 12.8 Å². The molecular formula is C31H53N3O4. The molecule has 38 heavy (non-hydrogen) atoms. The van der Waals surface area contributed by atoms with Crippen LogP contribution in [0.1, 0.15) is 123 Å². The van der Waals surface area contributed by atoms with Crippen LogP contribution in [0.5, 0.6) is 0 Å². The Morgan fingerprint density at radius 2 is 1.55 bits per heavy atom. The first-order chi connectivity index (χ1) is 17.8. The molecule has 0 spiro atoms. The van der Waals surface area contributed by atoms with E-state index in [2.05, 4.69) is 24.5 Å². The lowest BCUT2D eigenvalue weighted by Gasteiger charge is -2.35. The van der Waals surface area contributed by atoms with Crippen LogP contribution in [0.4, 0.5) is 4.79 Å². The molecule has 7 nitrogen and oxygen atoms in total. The van der Waals surface area contributed by atoms with Crippen molar-refractivity contribution in [2.75, 3.05) is 6.54 Å². The molecule has 0 saturated carbocycles. The summed E-state index contributed by atoms with van der Waals surface area (Å²) in [5, 5.41) is 5.82. The van der Waals surface area contributed by atoms with Crippen LogP contribution in [0.25, 0.3) is 0 Å². The van der Waals surface area contributed by atoms with Gasteiger partial charge < -0.3 is 20.3 Å². The van der Waals surface area contributed by atoms with E-state index >= 15 is 0 Å². The number of aryl methyl sites for hydroxylation is 2. The number of ether oxygens (including phenoxy) is 1. The average Bonchev–Trinajstić information content (AvgIpc) is 2.79. The highest BCUT2D eigenvalue weighted by Gasteiger charge is 2.35. The Labute approximate surface area is 231 Å². The fourth-order valence-corrected chi connectivity index (χ4v) is 4.63. The minimum absolute atomic E-state index is 0.0101. The van der Waals surface area contributed by atoms with Crippen LogP contribution in [0.3, 0.4) is 0 Å². The average molecular weight is 532 g/mol. The Balaban J connectivity index is 3.35. The van der Waals surface area contributed by atoms with Crippen LogP contribution >= 0.6 is 0 Å². The second-order valence-electron chi connectivity index (χ2n) is 11.6. The quantitative estimate of drug-likeness (QED) is 0.245. The molecule has 3 atom stereocenters. The van der Waals surface area contributed by atoms with Crippen molar-refractivity contribution < 1.29 is 19.1 Å². The summed E-state index contributed by atoms with van der Waals surface area (Å²) < 4.78 is 5.38. The molecule has 0 aliphatic carbocycles. The van der Waals surface area contributed by atoms with Gasteiger partial charge in [-0.1, -0.05) is 76.1 Å². The number of nitrogens with zero attached hydrogens (tertiary/aromatic N) is 1. The summed E-state index contributed by atoms with van der Waals surface area (Å²) in [6, 6.07) is 4.32. The second-order valence-corrected chi connectivity index (χ2v) is 11.6. The van der Waals surface area contributed by atoms with Gasteiger partial charge in [0.25, 0.3) is 0 Å². The van der Waals surface area contributed by atoms with Gasteiger partial charge in [0.1, 0.15) is 17.7 Å². The molecule has 1 rings (SSSR count). The zero-order chi connectivity index (χ0) is 28.9. The lowest BCUT2D eigenvalue weighted by molar-refractivity contribution is -0.142. The van der Waals surface area contributed by atoms with E-state index in [0.717, 1.165) is 55.2 Å². The maximum absolute atomic E-state index is 13.9. The first kappa shape index (κ1) is 33.5. The summed E-state index contributed by atoms with van der Waals surface area (Å²) in [6.07, 6.45) is 7.54. The highest BCUT2D eigenvalue weighted by molar-refractivity contribution is 5.92. The van der Waals surface area contributed by atoms with Gasteiger partial charge in [-0.3, -0.25) is 9.59 Å². The van der Waals surface area contributed by atoms with Crippen molar-refractivity contribution in [3.8, 4) is 0 Å². The van der Waals surface area contributed by atoms with Gasteiger partial charge >= 0.3 is 6.09 Å². The molecule has 0 bridgehead atoms. The molecule has 2 N–H and O–H groups in total. The van der Waals surface area contributed by atoms with Crippen molar-refractivity contribution in [1.82, 2.24) is 15.5 Å². The standard InChI is InChI=1S/C31H53N3O4/c1-10-12-13-14-15-16-20-34(29(36)25(6)33-30(37)38-31(7,8)9)27(28(35)32-24(5)17-11-2)26-19-18-22(3)21-23(26)4/h18-19,21,24-25,27H,10-17,20H2,1-9H3,(H,32,35)(H,33,37). The van der Waals surface area contributed by atoms with Gasteiger partial charge in [0.2, 0.25) is 11.8 Å².